The second kappa shape index (κ2) is 8.94. The van der Waals surface area contributed by atoms with Crippen LogP contribution in [-0.2, 0) is 4.79 Å². The van der Waals surface area contributed by atoms with E-state index in [1.807, 2.05) is 36.1 Å². The summed E-state index contributed by atoms with van der Waals surface area (Å²) in [6, 6.07) is 14.3. The van der Waals surface area contributed by atoms with Crippen molar-refractivity contribution in [1.82, 2.24) is 4.90 Å². The molecule has 0 aromatic heterocycles. The first-order valence-electron chi connectivity index (χ1n) is 9.80. The Morgan fingerprint density at radius 1 is 1.04 bits per heavy atom. The number of aryl methyl sites for hydroxylation is 2. The molecule has 4 heteroatoms. The Balaban J connectivity index is 1.55. The minimum Gasteiger partial charge on any atom is -0.494 e. The minimum absolute atomic E-state index is 0.162. The lowest BCUT2D eigenvalue weighted by molar-refractivity contribution is -0.132. The lowest BCUT2D eigenvalue weighted by atomic mass is 10.0. The highest BCUT2D eigenvalue weighted by molar-refractivity contribution is 5.77. The van der Waals surface area contributed by atoms with E-state index in [4.69, 9.17) is 9.47 Å². The topological polar surface area (TPSA) is 38.8 Å². The number of rotatable bonds is 7. The largest absolute Gasteiger partial charge is 0.494 e. The molecule has 0 radical (unpaired) electrons. The van der Waals surface area contributed by atoms with Crippen molar-refractivity contribution >= 4 is 5.91 Å². The maximum atomic E-state index is 12.7. The van der Waals surface area contributed by atoms with Gasteiger partial charge in [0.25, 0.3) is 0 Å². The molecule has 0 saturated carbocycles. The molecule has 1 aliphatic rings. The minimum atomic E-state index is 0.162. The van der Waals surface area contributed by atoms with Gasteiger partial charge in [0.1, 0.15) is 11.5 Å². The maximum Gasteiger partial charge on any atom is 0.226 e. The van der Waals surface area contributed by atoms with Crippen LogP contribution in [-0.4, -0.2) is 30.6 Å². The van der Waals surface area contributed by atoms with E-state index in [-0.39, 0.29) is 11.9 Å². The van der Waals surface area contributed by atoms with Gasteiger partial charge in [-0.25, -0.2) is 0 Å². The van der Waals surface area contributed by atoms with Crippen LogP contribution in [0.5, 0.6) is 11.5 Å². The van der Waals surface area contributed by atoms with Crippen molar-refractivity contribution in [3.05, 3.63) is 59.2 Å². The SMILES string of the molecule is CCOc1ccc(C2CCCN2C(=O)CCOc2ccc(C)c(C)c2)cc1. The molecule has 1 unspecified atom stereocenters. The summed E-state index contributed by atoms with van der Waals surface area (Å²) < 4.78 is 11.3. The van der Waals surface area contributed by atoms with Crippen molar-refractivity contribution in [2.45, 2.75) is 46.1 Å². The van der Waals surface area contributed by atoms with Gasteiger partial charge in [0, 0.05) is 6.54 Å². The van der Waals surface area contributed by atoms with Gasteiger partial charge in [-0.1, -0.05) is 18.2 Å². The first-order chi connectivity index (χ1) is 13.1. The van der Waals surface area contributed by atoms with Crippen LogP contribution in [0.3, 0.4) is 0 Å². The van der Waals surface area contributed by atoms with E-state index in [1.165, 1.54) is 16.7 Å². The molecule has 1 fully saturated rings. The third kappa shape index (κ3) is 4.82. The Hall–Kier alpha value is -2.49. The molecule has 1 saturated heterocycles. The van der Waals surface area contributed by atoms with Crippen LogP contribution in [0.2, 0.25) is 0 Å². The summed E-state index contributed by atoms with van der Waals surface area (Å²) >= 11 is 0. The van der Waals surface area contributed by atoms with E-state index in [0.717, 1.165) is 30.9 Å². The summed E-state index contributed by atoms with van der Waals surface area (Å²) in [6.07, 6.45) is 2.46. The van der Waals surface area contributed by atoms with E-state index >= 15 is 0 Å². The Morgan fingerprint density at radius 2 is 1.78 bits per heavy atom. The predicted molar refractivity (Wildman–Crippen MR) is 107 cm³/mol. The quantitative estimate of drug-likeness (QED) is 0.703. The van der Waals surface area contributed by atoms with E-state index < -0.39 is 0 Å². The van der Waals surface area contributed by atoms with Gasteiger partial charge in [-0.05, 0) is 74.6 Å². The highest BCUT2D eigenvalue weighted by Gasteiger charge is 2.29. The fourth-order valence-electron chi connectivity index (χ4n) is 3.57. The second-order valence-electron chi connectivity index (χ2n) is 7.09. The van der Waals surface area contributed by atoms with Crippen molar-refractivity contribution in [1.29, 1.82) is 0 Å². The number of ether oxygens (including phenoxy) is 2. The summed E-state index contributed by atoms with van der Waals surface area (Å²) in [7, 11) is 0. The highest BCUT2D eigenvalue weighted by Crippen LogP contribution is 2.33. The molecule has 1 atom stereocenters. The van der Waals surface area contributed by atoms with Crippen LogP contribution in [0.1, 0.15) is 48.9 Å². The average molecular weight is 367 g/mol. The number of amides is 1. The van der Waals surface area contributed by atoms with Gasteiger partial charge >= 0.3 is 0 Å². The third-order valence-electron chi connectivity index (χ3n) is 5.21. The first kappa shape index (κ1) is 19.3. The summed E-state index contributed by atoms with van der Waals surface area (Å²) in [5.74, 6) is 1.87. The van der Waals surface area contributed by atoms with Gasteiger partial charge in [0.05, 0.1) is 25.7 Å². The summed E-state index contributed by atoms with van der Waals surface area (Å²) in [5.41, 5.74) is 3.63. The fourth-order valence-corrected chi connectivity index (χ4v) is 3.57. The van der Waals surface area contributed by atoms with Gasteiger partial charge in [-0.15, -0.1) is 0 Å². The number of benzene rings is 2. The normalized spacial score (nSPS) is 16.4. The molecule has 1 amide bonds. The summed E-state index contributed by atoms with van der Waals surface area (Å²) in [5, 5.41) is 0. The van der Waals surface area contributed by atoms with Crippen molar-refractivity contribution in [3.8, 4) is 11.5 Å². The average Bonchev–Trinajstić information content (AvgIpc) is 3.15. The first-order valence-corrected chi connectivity index (χ1v) is 9.80. The van der Waals surface area contributed by atoms with Gasteiger partial charge in [-0.3, -0.25) is 4.79 Å². The van der Waals surface area contributed by atoms with Gasteiger partial charge in [0.2, 0.25) is 5.91 Å². The summed E-state index contributed by atoms with van der Waals surface area (Å²) in [4.78, 5) is 14.7. The zero-order valence-corrected chi connectivity index (χ0v) is 16.5. The van der Waals surface area contributed by atoms with Gasteiger partial charge < -0.3 is 14.4 Å². The predicted octanol–water partition coefficient (Wildman–Crippen LogP) is 4.83. The fraction of sp³-hybridized carbons (Fsp3) is 0.435. The Labute approximate surface area is 162 Å². The molecule has 1 heterocycles. The van der Waals surface area contributed by atoms with Crippen molar-refractivity contribution < 1.29 is 14.3 Å². The van der Waals surface area contributed by atoms with Crippen LogP contribution >= 0.6 is 0 Å². The molecule has 0 N–H and O–H groups in total. The number of hydrogen-bond acceptors (Lipinski definition) is 3. The van der Waals surface area contributed by atoms with Gasteiger partial charge in [0.15, 0.2) is 0 Å². The lowest BCUT2D eigenvalue weighted by Gasteiger charge is -2.25. The molecule has 0 aliphatic carbocycles. The Bertz CT molecular complexity index is 770. The summed E-state index contributed by atoms with van der Waals surface area (Å²) in [6.45, 7) is 8.02. The van der Waals surface area contributed by atoms with Crippen LogP contribution < -0.4 is 9.47 Å². The zero-order chi connectivity index (χ0) is 19.2. The van der Waals surface area contributed by atoms with Crippen LogP contribution in [0.25, 0.3) is 0 Å². The number of nitrogens with zero attached hydrogens (tertiary/aromatic N) is 1. The van der Waals surface area contributed by atoms with Crippen LogP contribution in [0.4, 0.5) is 0 Å². The molecule has 27 heavy (non-hydrogen) atoms. The van der Waals surface area contributed by atoms with Crippen LogP contribution in [0.15, 0.2) is 42.5 Å². The molecular weight excluding hydrogens is 338 g/mol. The smallest absolute Gasteiger partial charge is 0.226 e. The molecule has 2 aromatic rings. The monoisotopic (exact) mass is 367 g/mol. The van der Waals surface area contributed by atoms with E-state index in [9.17, 15) is 4.79 Å². The van der Waals surface area contributed by atoms with Crippen molar-refractivity contribution in [2.24, 2.45) is 0 Å². The molecule has 2 aromatic carbocycles. The maximum absolute atomic E-state index is 12.7. The molecule has 0 spiro atoms. The molecule has 4 nitrogen and oxygen atoms in total. The standard InChI is InChI=1S/C23H29NO3/c1-4-26-20-11-8-19(9-12-20)22-6-5-14-24(22)23(25)13-15-27-21-10-7-17(2)18(3)16-21/h7-12,16,22H,4-6,13-15H2,1-3H3. The van der Waals surface area contributed by atoms with E-state index in [2.05, 4.69) is 32.0 Å². The van der Waals surface area contributed by atoms with E-state index in [0.29, 0.717) is 19.6 Å². The Morgan fingerprint density at radius 3 is 2.48 bits per heavy atom. The lowest BCUT2D eigenvalue weighted by Crippen LogP contribution is -2.31. The molecule has 1 aliphatic heterocycles. The van der Waals surface area contributed by atoms with Crippen LogP contribution in [0, 0.1) is 13.8 Å². The van der Waals surface area contributed by atoms with E-state index in [1.54, 1.807) is 0 Å². The zero-order valence-electron chi connectivity index (χ0n) is 16.5. The van der Waals surface area contributed by atoms with Crippen molar-refractivity contribution in [2.75, 3.05) is 19.8 Å². The molecule has 0 bridgehead atoms. The number of likely N-dealkylation sites (tertiary alicyclic amines) is 1. The molecule has 3 rings (SSSR count). The van der Waals surface area contributed by atoms with Gasteiger partial charge in [-0.2, -0.15) is 0 Å². The Kier molecular flexibility index (Phi) is 6.38. The highest BCUT2D eigenvalue weighted by atomic mass is 16.5. The van der Waals surface area contributed by atoms with Crippen molar-refractivity contribution in [3.63, 3.8) is 0 Å². The second-order valence-corrected chi connectivity index (χ2v) is 7.09. The number of carbonyl (C=O) groups is 1. The molecular formula is C23H29NO3. The molecule has 144 valence electrons. The third-order valence-corrected chi connectivity index (χ3v) is 5.21. The number of hydrogen-bond donors (Lipinski definition) is 0. The number of carbonyl (C=O) groups excluding carboxylic acids is 1.